The van der Waals surface area contributed by atoms with Crippen LogP contribution in [-0.2, 0) is 6.18 Å². The number of nitriles is 1. The Morgan fingerprint density at radius 3 is 2.67 bits per heavy atom. The molecule has 9 heteroatoms. The summed E-state index contributed by atoms with van der Waals surface area (Å²) in [6, 6.07) is 9.71. The molecule has 0 aliphatic carbocycles. The van der Waals surface area contributed by atoms with Crippen LogP contribution in [0.25, 0.3) is 21.5 Å². The highest BCUT2D eigenvalue weighted by molar-refractivity contribution is 7.19. The fourth-order valence-corrected chi connectivity index (χ4v) is 3.54. The number of hydrogen-bond donors (Lipinski definition) is 1. The molecule has 1 aliphatic rings. The molecule has 0 unspecified atom stereocenters. The van der Waals surface area contributed by atoms with Gasteiger partial charge in [0.25, 0.3) is 0 Å². The third-order valence-electron chi connectivity index (χ3n) is 3.92. The molecule has 1 aromatic heterocycles. The zero-order chi connectivity index (χ0) is 19.2. The van der Waals surface area contributed by atoms with Gasteiger partial charge in [0.2, 0.25) is 6.79 Å². The van der Waals surface area contributed by atoms with Gasteiger partial charge >= 0.3 is 6.18 Å². The normalized spacial score (nSPS) is 14.1. The standard InChI is InChI=1S/C18H9F3N2O3S/c19-18(20,21)10-2-4-15-12(6-10)23-17(27-15)11(7-22)16(24)9-1-3-13-14(5-9)26-8-25-13/h1-6,24H,8H2/b16-11-. The zero-order valence-corrected chi connectivity index (χ0v) is 14.2. The first-order valence-corrected chi connectivity index (χ1v) is 8.40. The molecule has 3 aromatic rings. The minimum Gasteiger partial charge on any atom is -0.506 e. The van der Waals surface area contributed by atoms with E-state index in [1.165, 1.54) is 12.1 Å². The summed E-state index contributed by atoms with van der Waals surface area (Å²) in [5.74, 6) is 0.603. The lowest BCUT2D eigenvalue weighted by atomic mass is 10.1. The molecular weight excluding hydrogens is 381 g/mol. The second kappa shape index (κ2) is 6.17. The predicted octanol–water partition coefficient (Wildman–Crippen LogP) is 4.99. The summed E-state index contributed by atoms with van der Waals surface area (Å²) in [7, 11) is 0. The highest BCUT2D eigenvalue weighted by Gasteiger charge is 2.31. The molecule has 1 N–H and O–H groups in total. The van der Waals surface area contributed by atoms with Gasteiger partial charge in [-0.25, -0.2) is 4.98 Å². The van der Waals surface area contributed by atoms with Gasteiger partial charge in [0.15, 0.2) is 11.5 Å². The summed E-state index contributed by atoms with van der Waals surface area (Å²) in [6.45, 7) is 0.0633. The first kappa shape index (κ1) is 17.2. The van der Waals surface area contributed by atoms with Gasteiger partial charge in [0.1, 0.15) is 22.4 Å². The van der Waals surface area contributed by atoms with Crippen LogP contribution in [0.4, 0.5) is 13.2 Å². The smallest absolute Gasteiger partial charge is 0.416 e. The number of allylic oxidation sites excluding steroid dienone is 1. The van der Waals surface area contributed by atoms with Gasteiger partial charge in [-0.15, -0.1) is 11.3 Å². The van der Waals surface area contributed by atoms with Crippen molar-refractivity contribution in [1.82, 2.24) is 4.98 Å². The van der Waals surface area contributed by atoms with Gasteiger partial charge in [-0.2, -0.15) is 18.4 Å². The van der Waals surface area contributed by atoms with Crippen molar-refractivity contribution in [3.05, 3.63) is 52.5 Å². The summed E-state index contributed by atoms with van der Waals surface area (Å²) >= 11 is 1.02. The van der Waals surface area contributed by atoms with Crippen LogP contribution < -0.4 is 9.47 Å². The zero-order valence-electron chi connectivity index (χ0n) is 13.4. The number of nitrogens with zero attached hydrogens (tertiary/aromatic N) is 2. The fraction of sp³-hybridized carbons (Fsp3) is 0.111. The molecule has 0 saturated heterocycles. The van der Waals surface area contributed by atoms with E-state index in [2.05, 4.69) is 4.98 Å². The molecule has 2 aromatic carbocycles. The average Bonchev–Trinajstić information content (AvgIpc) is 3.26. The molecule has 136 valence electrons. The first-order valence-electron chi connectivity index (χ1n) is 7.58. The number of hydrogen-bond acceptors (Lipinski definition) is 6. The largest absolute Gasteiger partial charge is 0.506 e. The van der Waals surface area contributed by atoms with Crippen LogP contribution >= 0.6 is 11.3 Å². The second-order valence-corrected chi connectivity index (χ2v) is 6.63. The van der Waals surface area contributed by atoms with Crippen LogP contribution in [0.3, 0.4) is 0 Å². The molecule has 5 nitrogen and oxygen atoms in total. The molecule has 0 fully saturated rings. The minimum absolute atomic E-state index is 0.0633. The van der Waals surface area contributed by atoms with Crippen molar-refractivity contribution in [2.75, 3.05) is 6.79 Å². The molecule has 2 heterocycles. The number of aliphatic hydroxyl groups excluding tert-OH is 1. The van der Waals surface area contributed by atoms with Crippen molar-refractivity contribution in [1.29, 1.82) is 5.26 Å². The molecule has 0 spiro atoms. The van der Waals surface area contributed by atoms with E-state index in [1.807, 2.05) is 6.07 Å². The van der Waals surface area contributed by atoms with Crippen LogP contribution in [-0.4, -0.2) is 16.9 Å². The van der Waals surface area contributed by atoms with E-state index in [-0.39, 0.29) is 28.6 Å². The van der Waals surface area contributed by atoms with Gasteiger partial charge in [0.05, 0.1) is 15.8 Å². The van der Waals surface area contributed by atoms with Crippen LogP contribution in [0.5, 0.6) is 11.5 Å². The van der Waals surface area contributed by atoms with Crippen LogP contribution in [0.15, 0.2) is 36.4 Å². The Balaban J connectivity index is 1.80. The van der Waals surface area contributed by atoms with Crippen molar-refractivity contribution in [3.8, 4) is 17.6 Å². The van der Waals surface area contributed by atoms with Crippen molar-refractivity contribution >= 4 is 32.9 Å². The van der Waals surface area contributed by atoms with Crippen molar-refractivity contribution < 1.29 is 27.8 Å². The van der Waals surface area contributed by atoms with Gasteiger partial charge in [-0.05, 0) is 36.4 Å². The Kier molecular flexibility index (Phi) is 3.93. The molecule has 0 saturated carbocycles. The topological polar surface area (TPSA) is 75.4 Å². The lowest BCUT2D eigenvalue weighted by Gasteiger charge is -2.05. The number of aliphatic hydroxyl groups is 1. The van der Waals surface area contributed by atoms with E-state index in [1.54, 1.807) is 12.1 Å². The SMILES string of the molecule is N#C/C(=C(/O)c1ccc2c(c1)OCO2)c1nc2cc(C(F)(F)F)ccc2s1. The number of ether oxygens (including phenoxy) is 2. The van der Waals surface area contributed by atoms with E-state index in [0.29, 0.717) is 21.8 Å². The molecule has 1 aliphatic heterocycles. The van der Waals surface area contributed by atoms with E-state index >= 15 is 0 Å². The number of thiazole rings is 1. The van der Waals surface area contributed by atoms with Gasteiger partial charge in [-0.3, -0.25) is 0 Å². The number of aromatic nitrogens is 1. The summed E-state index contributed by atoms with van der Waals surface area (Å²) in [6.07, 6.45) is -4.49. The summed E-state index contributed by atoms with van der Waals surface area (Å²) in [4.78, 5) is 4.10. The third kappa shape index (κ3) is 3.04. The first-order chi connectivity index (χ1) is 12.9. The van der Waals surface area contributed by atoms with E-state index in [0.717, 1.165) is 23.5 Å². The number of rotatable bonds is 2. The maximum absolute atomic E-state index is 12.9. The van der Waals surface area contributed by atoms with Gasteiger partial charge in [0, 0.05) is 5.56 Å². The number of alkyl halides is 3. The lowest BCUT2D eigenvalue weighted by Crippen LogP contribution is -2.03. The van der Waals surface area contributed by atoms with Crippen molar-refractivity contribution in [2.45, 2.75) is 6.18 Å². The Morgan fingerprint density at radius 1 is 1.15 bits per heavy atom. The Morgan fingerprint density at radius 2 is 1.93 bits per heavy atom. The highest BCUT2D eigenvalue weighted by Crippen LogP contribution is 2.38. The monoisotopic (exact) mass is 390 g/mol. The average molecular weight is 390 g/mol. The van der Waals surface area contributed by atoms with E-state index in [4.69, 9.17) is 9.47 Å². The molecule has 27 heavy (non-hydrogen) atoms. The van der Waals surface area contributed by atoms with Crippen LogP contribution in [0.2, 0.25) is 0 Å². The van der Waals surface area contributed by atoms with Gasteiger partial charge in [-0.1, -0.05) is 0 Å². The van der Waals surface area contributed by atoms with Crippen LogP contribution in [0, 0.1) is 11.3 Å². The quantitative estimate of drug-likeness (QED) is 0.493. The highest BCUT2D eigenvalue weighted by atomic mass is 32.1. The predicted molar refractivity (Wildman–Crippen MR) is 92.2 cm³/mol. The molecule has 4 rings (SSSR count). The molecule has 0 amide bonds. The Hall–Kier alpha value is -3.25. The van der Waals surface area contributed by atoms with Crippen molar-refractivity contribution in [2.24, 2.45) is 0 Å². The van der Waals surface area contributed by atoms with E-state index < -0.39 is 11.7 Å². The van der Waals surface area contributed by atoms with E-state index in [9.17, 15) is 23.5 Å². The Labute approximate surface area is 154 Å². The number of fused-ring (bicyclic) bond motifs is 2. The van der Waals surface area contributed by atoms with Crippen molar-refractivity contribution in [3.63, 3.8) is 0 Å². The second-order valence-electron chi connectivity index (χ2n) is 5.60. The molecule has 0 bridgehead atoms. The lowest BCUT2D eigenvalue weighted by molar-refractivity contribution is -0.137. The van der Waals surface area contributed by atoms with Crippen LogP contribution in [0.1, 0.15) is 16.1 Å². The minimum atomic E-state index is -4.49. The molecular formula is C18H9F3N2O3S. The summed E-state index contributed by atoms with van der Waals surface area (Å²) in [5.41, 5.74) is -0.542. The molecule has 0 radical (unpaired) electrons. The number of benzene rings is 2. The Bertz CT molecular complexity index is 1130. The maximum atomic E-state index is 12.9. The number of halogens is 3. The summed E-state index contributed by atoms with van der Waals surface area (Å²) < 4.78 is 49.5. The fourth-order valence-electron chi connectivity index (χ4n) is 2.60. The van der Waals surface area contributed by atoms with Gasteiger partial charge < -0.3 is 14.6 Å². The molecule has 0 atom stereocenters. The third-order valence-corrected chi connectivity index (χ3v) is 4.98. The maximum Gasteiger partial charge on any atom is 0.416 e. The summed E-state index contributed by atoms with van der Waals surface area (Å²) in [5, 5.41) is 20.1.